The molecule has 0 unspecified atom stereocenters. The maximum atomic E-state index is 12.0. The average Bonchev–Trinajstić information content (AvgIpc) is 2.29. The third kappa shape index (κ3) is 10.7. The third-order valence-corrected chi connectivity index (χ3v) is 2.86. The fraction of sp³-hybridized carbons (Fsp3) is 0.900. The quantitative estimate of drug-likeness (QED) is 0.605. The van der Waals surface area contributed by atoms with Crippen LogP contribution in [0.15, 0.2) is 0 Å². The Balaban J connectivity index is 3.94. The third-order valence-electron chi connectivity index (χ3n) is 2.14. The van der Waals surface area contributed by atoms with E-state index in [0.717, 1.165) is 0 Å². The first kappa shape index (κ1) is 17.5. The van der Waals surface area contributed by atoms with Crippen molar-refractivity contribution in [2.24, 2.45) is 0 Å². The van der Waals surface area contributed by atoms with Gasteiger partial charge in [0, 0.05) is 32.5 Å². The van der Waals surface area contributed by atoms with Crippen molar-refractivity contribution in [1.29, 1.82) is 0 Å². The minimum atomic E-state index is -4.21. The monoisotopic (exact) mass is 289 g/mol. The number of thioether (sulfide) groups is 1. The number of hydrogen-bond donors (Lipinski definition) is 0. The summed E-state index contributed by atoms with van der Waals surface area (Å²) in [6, 6.07) is 0. The number of ether oxygens (including phenoxy) is 2. The lowest BCUT2D eigenvalue weighted by Crippen LogP contribution is -2.32. The van der Waals surface area contributed by atoms with E-state index in [0.29, 0.717) is 19.7 Å². The predicted octanol–water partition coefficient (Wildman–Crippen LogP) is 1.75. The molecule has 0 N–H and O–H groups in total. The van der Waals surface area contributed by atoms with Gasteiger partial charge in [0.15, 0.2) is 0 Å². The van der Waals surface area contributed by atoms with Gasteiger partial charge in [0.2, 0.25) is 0 Å². The zero-order valence-corrected chi connectivity index (χ0v) is 11.3. The van der Waals surface area contributed by atoms with Gasteiger partial charge in [-0.1, -0.05) is 0 Å². The van der Waals surface area contributed by atoms with Crippen LogP contribution in [0, 0.1) is 0 Å². The van der Waals surface area contributed by atoms with E-state index in [-0.39, 0.29) is 36.4 Å². The number of alkyl halides is 3. The summed E-state index contributed by atoms with van der Waals surface area (Å²) >= 11 is -0.0633. The summed E-state index contributed by atoms with van der Waals surface area (Å²) in [5, 5.41) is 0. The molecule has 0 aromatic heterocycles. The Labute approximate surface area is 109 Å². The van der Waals surface area contributed by atoms with Gasteiger partial charge in [0.1, 0.15) is 0 Å². The summed E-state index contributed by atoms with van der Waals surface area (Å²) in [4.78, 5) is 12.7. The van der Waals surface area contributed by atoms with Gasteiger partial charge in [-0.3, -0.25) is 9.69 Å². The number of carbonyl (C=O) groups is 1. The molecule has 18 heavy (non-hydrogen) atoms. The Morgan fingerprint density at radius 1 is 1.22 bits per heavy atom. The van der Waals surface area contributed by atoms with Crippen molar-refractivity contribution in [1.82, 2.24) is 4.90 Å². The molecule has 108 valence electrons. The summed E-state index contributed by atoms with van der Waals surface area (Å²) < 4.78 is 45.3. The SMILES string of the molecule is COCCN(CCSC(F)(F)F)CCC(=O)OC. The van der Waals surface area contributed by atoms with Crippen LogP contribution in [0.2, 0.25) is 0 Å². The highest BCUT2D eigenvalue weighted by atomic mass is 32.2. The number of carbonyl (C=O) groups excluding carboxylic acids is 1. The Bertz CT molecular complexity index is 239. The molecular formula is C10H18F3NO3S. The van der Waals surface area contributed by atoms with Crippen molar-refractivity contribution in [3.8, 4) is 0 Å². The van der Waals surface area contributed by atoms with Crippen molar-refractivity contribution < 1.29 is 27.4 Å². The van der Waals surface area contributed by atoms with E-state index in [4.69, 9.17) is 4.74 Å². The molecule has 0 atom stereocenters. The highest BCUT2D eigenvalue weighted by Crippen LogP contribution is 2.29. The predicted molar refractivity (Wildman–Crippen MR) is 63.5 cm³/mol. The van der Waals surface area contributed by atoms with E-state index in [9.17, 15) is 18.0 Å². The Morgan fingerprint density at radius 2 is 1.89 bits per heavy atom. The molecule has 0 aromatic rings. The molecule has 0 spiro atoms. The van der Waals surface area contributed by atoms with Crippen LogP contribution in [0.5, 0.6) is 0 Å². The van der Waals surface area contributed by atoms with Gasteiger partial charge in [0.05, 0.1) is 20.1 Å². The maximum absolute atomic E-state index is 12.0. The average molecular weight is 289 g/mol. The first-order valence-corrected chi connectivity index (χ1v) is 6.36. The minimum absolute atomic E-state index is 0.0611. The van der Waals surface area contributed by atoms with Gasteiger partial charge in [-0.05, 0) is 11.8 Å². The molecule has 0 saturated heterocycles. The minimum Gasteiger partial charge on any atom is -0.469 e. The van der Waals surface area contributed by atoms with E-state index < -0.39 is 5.51 Å². The summed E-state index contributed by atoms with van der Waals surface area (Å²) in [6.07, 6.45) is 0.164. The van der Waals surface area contributed by atoms with Crippen LogP contribution >= 0.6 is 11.8 Å². The summed E-state index contributed by atoms with van der Waals surface area (Å²) in [6.45, 7) is 1.53. The Morgan fingerprint density at radius 3 is 2.39 bits per heavy atom. The molecule has 0 bridgehead atoms. The number of rotatable bonds is 9. The second-order valence-electron chi connectivity index (χ2n) is 3.45. The lowest BCUT2D eigenvalue weighted by molar-refractivity contribution is -0.141. The molecule has 0 saturated carbocycles. The van der Waals surface area contributed by atoms with Gasteiger partial charge in [-0.25, -0.2) is 0 Å². The molecule has 0 radical (unpaired) electrons. The largest absolute Gasteiger partial charge is 0.469 e. The van der Waals surface area contributed by atoms with Crippen molar-refractivity contribution in [3.63, 3.8) is 0 Å². The van der Waals surface area contributed by atoms with Gasteiger partial charge in [-0.15, -0.1) is 0 Å². The molecule has 0 fully saturated rings. The fourth-order valence-corrected chi connectivity index (χ4v) is 1.78. The molecule has 4 nitrogen and oxygen atoms in total. The first-order chi connectivity index (χ1) is 8.39. The standard InChI is InChI=1S/C10H18F3NO3S/c1-16-7-5-14(4-3-9(15)17-2)6-8-18-10(11,12)13/h3-8H2,1-2H3. The summed E-state index contributed by atoms with van der Waals surface area (Å²) in [5.41, 5.74) is -4.21. The van der Waals surface area contributed by atoms with Crippen LogP contribution in [0.25, 0.3) is 0 Å². The number of halogens is 3. The van der Waals surface area contributed by atoms with Gasteiger partial charge in [-0.2, -0.15) is 13.2 Å². The van der Waals surface area contributed by atoms with Crippen molar-refractivity contribution in [2.75, 3.05) is 46.2 Å². The summed E-state index contributed by atoms with van der Waals surface area (Å²) in [5.74, 6) is -0.435. The van der Waals surface area contributed by atoms with Crippen molar-refractivity contribution in [2.45, 2.75) is 11.9 Å². The second-order valence-corrected chi connectivity index (χ2v) is 4.61. The molecule has 0 aromatic carbocycles. The fourth-order valence-electron chi connectivity index (χ4n) is 1.20. The molecule has 0 amide bonds. The first-order valence-electron chi connectivity index (χ1n) is 5.38. The van der Waals surface area contributed by atoms with E-state index >= 15 is 0 Å². The normalized spacial score (nSPS) is 11.9. The second kappa shape index (κ2) is 9.46. The molecule has 0 heterocycles. The lowest BCUT2D eigenvalue weighted by Gasteiger charge is -2.21. The highest BCUT2D eigenvalue weighted by molar-refractivity contribution is 8.00. The smallest absolute Gasteiger partial charge is 0.441 e. The van der Waals surface area contributed by atoms with E-state index in [1.807, 2.05) is 0 Å². The zero-order chi connectivity index (χ0) is 14.0. The van der Waals surface area contributed by atoms with Crippen LogP contribution < -0.4 is 0 Å². The number of nitrogens with zero attached hydrogens (tertiary/aromatic N) is 1. The van der Waals surface area contributed by atoms with Crippen LogP contribution in [-0.2, 0) is 14.3 Å². The number of esters is 1. The maximum Gasteiger partial charge on any atom is 0.441 e. The molecule has 0 rings (SSSR count). The molecule has 0 aliphatic heterocycles. The van der Waals surface area contributed by atoms with Crippen LogP contribution in [0.1, 0.15) is 6.42 Å². The van der Waals surface area contributed by atoms with Crippen LogP contribution in [0.4, 0.5) is 13.2 Å². The van der Waals surface area contributed by atoms with E-state index in [2.05, 4.69) is 4.74 Å². The highest BCUT2D eigenvalue weighted by Gasteiger charge is 2.27. The van der Waals surface area contributed by atoms with Gasteiger partial charge >= 0.3 is 11.5 Å². The van der Waals surface area contributed by atoms with Gasteiger partial charge in [0.25, 0.3) is 0 Å². The molecular weight excluding hydrogens is 271 g/mol. The number of hydrogen-bond acceptors (Lipinski definition) is 5. The Kier molecular flexibility index (Phi) is 9.21. The van der Waals surface area contributed by atoms with E-state index in [1.165, 1.54) is 14.2 Å². The Hall–Kier alpha value is -0.470. The molecule has 0 aliphatic carbocycles. The van der Waals surface area contributed by atoms with Crippen molar-refractivity contribution in [3.05, 3.63) is 0 Å². The molecule has 8 heteroatoms. The van der Waals surface area contributed by atoms with Gasteiger partial charge < -0.3 is 9.47 Å². The van der Waals surface area contributed by atoms with E-state index in [1.54, 1.807) is 4.90 Å². The topological polar surface area (TPSA) is 38.8 Å². The summed E-state index contributed by atoms with van der Waals surface area (Å²) in [7, 11) is 2.80. The zero-order valence-electron chi connectivity index (χ0n) is 10.5. The lowest BCUT2D eigenvalue weighted by atomic mass is 10.3. The van der Waals surface area contributed by atoms with Crippen molar-refractivity contribution >= 4 is 17.7 Å². The molecule has 0 aliphatic rings. The van der Waals surface area contributed by atoms with Crippen LogP contribution in [0.3, 0.4) is 0 Å². The van der Waals surface area contributed by atoms with Crippen LogP contribution in [-0.4, -0.2) is 62.6 Å². The number of methoxy groups -OCH3 is 2.